The standard InChI is InChI=1S/C11H12F3N5/c1-19-6-17-18-10(19)5-16-7-2-3-9(15)8(4-7)11(12,13)14/h2-4,6,16H,5,15H2,1H3. The van der Waals surface area contributed by atoms with Crippen molar-refractivity contribution in [1.29, 1.82) is 0 Å². The normalized spacial score (nSPS) is 11.6. The molecule has 5 nitrogen and oxygen atoms in total. The third-order valence-corrected chi connectivity index (χ3v) is 2.61. The quantitative estimate of drug-likeness (QED) is 0.838. The highest BCUT2D eigenvalue weighted by molar-refractivity contribution is 5.58. The van der Waals surface area contributed by atoms with Gasteiger partial charge >= 0.3 is 6.18 Å². The molecule has 0 saturated carbocycles. The zero-order valence-corrected chi connectivity index (χ0v) is 10.1. The molecule has 1 heterocycles. The summed E-state index contributed by atoms with van der Waals surface area (Å²) < 4.78 is 39.7. The SMILES string of the molecule is Cn1cnnc1CNc1ccc(N)c(C(F)(F)F)c1. The summed E-state index contributed by atoms with van der Waals surface area (Å²) in [6, 6.07) is 3.69. The Morgan fingerprint density at radius 1 is 1.37 bits per heavy atom. The van der Waals surface area contributed by atoms with E-state index in [0.717, 1.165) is 6.07 Å². The minimum absolute atomic E-state index is 0.276. The van der Waals surface area contributed by atoms with Crippen LogP contribution in [0.5, 0.6) is 0 Å². The first-order chi connectivity index (χ1) is 8.88. The van der Waals surface area contributed by atoms with E-state index in [2.05, 4.69) is 15.5 Å². The molecule has 102 valence electrons. The molecule has 8 heteroatoms. The monoisotopic (exact) mass is 271 g/mol. The summed E-state index contributed by atoms with van der Waals surface area (Å²) in [6.45, 7) is 0.276. The number of nitrogens with two attached hydrogens (primary N) is 1. The van der Waals surface area contributed by atoms with Crippen LogP contribution < -0.4 is 11.1 Å². The van der Waals surface area contributed by atoms with Crippen molar-refractivity contribution in [1.82, 2.24) is 14.8 Å². The van der Waals surface area contributed by atoms with E-state index in [1.54, 1.807) is 11.6 Å². The average molecular weight is 271 g/mol. The Morgan fingerprint density at radius 3 is 2.68 bits per heavy atom. The predicted molar refractivity (Wildman–Crippen MR) is 64.2 cm³/mol. The Balaban J connectivity index is 2.16. The number of rotatable bonds is 3. The van der Waals surface area contributed by atoms with Crippen molar-refractivity contribution in [2.45, 2.75) is 12.7 Å². The van der Waals surface area contributed by atoms with Gasteiger partial charge in [0.1, 0.15) is 6.33 Å². The van der Waals surface area contributed by atoms with Gasteiger partial charge in [0.15, 0.2) is 5.82 Å². The first-order valence-electron chi connectivity index (χ1n) is 5.41. The molecule has 19 heavy (non-hydrogen) atoms. The molecular formula is C11H12F3N5. The Kier molecular flexibility index (Phi) is 3.32. The second kappa shape index (κ2) is 4.79. The molecular weight excluding hydrogens is 259 g/mol. The molecule has 1 aromatic heterocycles. The Bertz CT molecular complexity index is 576. The summed E-state index contributed by atoms with van der Waals surface area (Å²) in [5.74, 6) is 0.616. The highest BCUT2D eigenvalue weighted by atomic mass is 19.4. The second-order valence-electron chi connectivity index (χ2n) is 4.01. The molecule has 0 aliphatic heterocycles. The number of nitrogen functional groups attached to an aromatic ring is 1. The van der Waals surface area contributed by atoms with Crippen molar-refractivity contribution in [2.75, 3.05) is 11.1 Å². The van der Waals surface area contributed by atoms with Gasteiger partial charge in [0, 0.05) is 18.4 Å². The molecule has 2 aromatic rings. The molecule has 0 unspecified atom stereocenters. The van der Waals surface area contributed by atoms with Gasteiger partial charge in [-0.1, -0.05) is 0 Å². The van der Waals surface area contributed by atoms with E-state index in [1.165, 1.54) is 18.5 Å². The molecule has 0 amide bonds. The maximum atomic E-state index is 12.7. The summed E-state index contributed by atoms with van der Waals surface area (Å²) >= 11 is 0. The molecule has 1 aromatic carbocycles. The summed E-state index contributed by atoms with van der Waals surface area (Å²) in [5, 5.41) is 10.3. The lowest BCUT2D eigenvalue weighted by Crippen LogP contribution is -2.11. The highest BCUT2D eigenvalue weighted by Crippen LogP contribution is 2.35. The predicted octanol–water partition coefficient (Wildman–Crippen LogP) is 2.03. The van der Waals surface area contributed by atoms with Gasteiger partial charge < -0.3 is 15.6 Å². The minimum atomic E-state index is -4.47. The summed E-state index contributed by atoms with van der Waals surface area (Å²) in [5.41, 5.74) is 4.49. The lowest BCUT2D eigenvalue weighted by Gasteiger charge is -2.12. The van der Waals surface area contributed by atoms with Gasteiger partial charge in [-0.25, -0.2) is 0 Å². The van der Waals surface area contributed by atoms with Gasteiger partial charge in [-0.15, -0.1) is 10.2 Å². The van der Waals surface area contributed by atoms with Crippen molar-refractivity contribution in [3.8, 4) is 0 Å². The molecule has 3 N–H and O–H groups in total. The number of aryl methyl sites for hydroxylation is 1. The van der Waals surface area contributed by atoms with E-state index in [9.17, 15) is 13.2 Å². The fraction of sp³-hybridized carbons (Fsp3) is 0.273. The Morgan fingerprint density at radius 2 is 2.11 bits per heavy atom. The van der Waals surface area contributed by atoms with Crippen LogP contribution in [0.15, 0.2) is 24.5 Å². The zero-order chi connectivity index (χ0) is 14.0. The summed E-state index contributed by atoms with van der Waals surface area (Å²) in [6.07, 6.45) is -2.95. The van der Waals surface area contributed by atoms with E-state index < -0.39 is 11.7 Å². The molecule has 0 radical (unpaired) electrons. The highest BCUT2D eigenvalue weighted by Gasteiger charge is 2.33. The second-order valence-corrected chi connectivity index (χ2v) is 4.01. The molecule has 0 bridgehead atoms. The topological polar surface area (TPSA) is 68.8 Å². The smallest absolute Gasteiger partial charge is 0.398 e. The number of alkyl halides is 3. The largest absolute Gasteiger partial charge is 0.418 e. The van der Waals surface area contributed by atoms with Gasteiger partial charge in [-0.3, -0.25) is 0 Å². The fourth-order valence-electron chi connectivity index (χ4n) is 1.56. The third-order valence-electron chi connectivity index (χ3n) is 2.61. The minimum Gasteiger partial charge on any atom is -0.398 e. The third kappa shape index (κ3) is 2.95. The zero-order valence-electron chi connectivity index (χ0n) is 10.1. The van der Waals surface area contributed by atoms with Crippen LogP contribution in [0.3, 0.4) is 0 Å². The number of hydrogen-bond acceptors (Lipinski definition) is 4. The van der Waals surface area contributed by atoms with Crippen molar-refractivity contribution < 1.29 is 13.2 Å². The van der Waals surface area contributed by atoms with Crippen molar-refractivity contribution in [3.05, 3.63) is 35.9 Å². The maximum Gasteiger partial charge on any atom is 0.418 e. The molecule has 2 rings (SSSR count). The van der Waals surface area contributed by atoms with Gasteiger partial charge in [0.2, 0.25) is 0 Å². The number of aromatic nitrogens is 3. The number of hydrogen-bond donors (Lipinski definition) is 2. The average Bonchev–Trinajstić information content (AvgIpc) is 2.72. The van der Waals surface area contributed by atoms with Crippen LogP contribution in [-0.2, 0) is 19.8 Å². The van der Waals surface area contributed by atoms with Crippen LogP contribution in [0.25, 0.3) is 0 Å². The van der Waals surface area contributed by atoms with E-state index in [-0.39, 0.29) is 12.2 Å². The Hall–Kier alpha value is -2.25. The van der Waals surface area contributed by atoms with Crippen LogP contribution >= 0.6 is 0 Å². The van der Waals surface area contributed by atoms with Crippen LogP contribution in [0.4, 0.5) is 24.5 Å². The van der Waals surface area contributed by atoms with Crippen LogP contribution in [0.1, 0.15) is 11.4 Å². The van der Waals surface area contributed by atoms with Gasteiger partial charge in [-0.2, -0.15) is 13.2 Å². The lowest BCUT2D eigenvalue weighted by molar-refractivity contribution is -0.136. The van der Waals surface area contributed by atoms with Gasteiger partial charge in [0.05, 0.1) is 12.1 Å². The number of anilines is 2. The molecule has 0 saturated heterocycles. The summed E-state index contributed by atoms with van der Waals surface area (Å²) in [4.78, 5) is 0. The fourth-order valence-corrected chi connectivity index (χ4v) is 1.56. The van der Waals surface area contributed by atoms with Crippen LogP contribution in [-0.4, -0.2) is 14.8 Å². The first-order valence-corrected chi connectivity index (χ1v) is 5.41. The van der Waals surface area contributed by atoms with Gasteiger partial charge in [0.25, 0.3) is 0 Å². The molecule has 0 atom stereocenters. The van der Waals surface area contributed by atoms with Gasteiger partial charge in [-0.05, 0) is 18.2 Å². The number of halogens is 3. The summed E-state index contributed by atoms with van der Waals surface area (Å²) in [7, 11) is 1.75. The van der Waals surface area contributed by atoms with E-state index in [1.807, 2.05) is 0 Å². The van der Waals surface area contributed by atoms with Crippen LogP contribution in [0, 0.1) is 0 Å². The lowest BCUT2D eigenvalue weighted by atomic mass is 10.1. The first kappa shape index (κ1) is 13.2. The Labute approximate surface area is 107 Å². The van der Waals surface area contributed by atoms with Crippen molar-refractivity contribution in [3.63, 3.8) is 0 Å². The maximum absolute atomic E-state index is 12.7. The molecule has 0 spiro atoms. The van der Waals surface area contributed by atoms with Crippen molar-refractivity contribution in [2.24, 2.45) is 7.05 Å². The van der Waals surface area contributed by atoms with Crippen LogP contribution in [0.2, 0.25) is 0 Å². The number of benzene rings is 1. The molecule has 0 aliphatic carbocycles. The molecule has 0 fully saturated rings. The molecule has 0 aliphatic rings. The number of nitrogens with one attached hydrogen (secondary N) is 1. The van der Waals surface area contributed by atoms with E-state index >= 15 is 0 Å². The van der Waals surface area contributed by atoms with E-state index in [4.69, 9.17) is 5.73 Å². The number of nitrogens with zero attached hydrogens (tertiary/aromatic N) is 3. The van der Waals surface area contributed by atoms with Crippen molar-refractivity contribution >= 4 is 11.4 Å². The van der Waals surface area contributed by atoms with E-state index in [0.29, 0.717) is 11.5 Å².